The highest BCUT2D eigenvalue weighted by atomic mass is 32.1. The number of hydrogen-bond acceptors (Lipinski definition) is 4. The van der Waals surface area contributed by atoms with E-state index in [0.717, 1.165) is 40.4 Å². The molecule has 3 heterocycles. The van der Waals surface area contributed by atoms with Gasteiger partial charge in [0.05, 0.1) is 5.52 Å². The number of carbonyl (C=O) groups excluding carboxylic acids is 1. The van der Waals surface area contributed by atoms with E-state index < -0.39 is 0 Å². The van der Waals surface area contributed by atoms with Gasteiger partial charge in [-0.15, -0.1) is 11.3 Å². The number of benzene rings is 1. The second-order valence-electron chi connectivity index (χ2n) is 6.42. The maximum Gasteiger partial charge on any atom is 0.276 e. The number of aromatic nitrogens is 3. The molecule has 3 aromatic heterocycles. The Bertz CT molecular complexity index is 1080. The first-order chi connectivity index (χ1) is 12.8. The molecule has 0 radical (unpaired) electrons. The van der Waals surface area contributed by atoms with Gasteiger partial charge in [-0.1, -0.05) is 6.07 Å². The summed E-state index contributed by atoms with van der Waals surface area (Å²) in [5, 5.41) is 5.88. The van der Waals surface area contributed by atoms with Crippen LogP contribution in [0.1, 0.15) is 35.1 Å². The third-order valence-corrected chi connectivity index (χ3v) is 5.38. The zero-order chi connectivity index (χ0) is 17.5. The Hall–Kier alpha value is -2.99. The molecule has 4 aromatic rings. The van der Waals surface area contributed by atoms with E-state index in [1.165, 1.54) is 0 Å². The molecule has 0 atom stereocenters. The van der Waals surface area contributed by atoms with Gasteiger partial charge in [0.15, 0.2) is 5.69 Å². The highest BCUT2D eigenvalue weighted by Crippen LogP contribution is 2.40. The summed E-state index contributed by atoms with van der Waals surface area (Å²) in [7, 11) is 0. The molecule has 128 valence electrons. The number of amides is 1. The van der Waals surface area contributed by atoms with E-state index in [1.54, 1.807) is 17.5 Å². The SMILES string of the molecule is O=C(Nc1ccc(-c2nccs2)cc1)c1nc(C2CC2)n2ccccc12. The third kappa shape index (κ3) is 2.68. The van der Waals surface area contributed by atoms with Gasteiger partial charge in [0.2, 0.25) is 0 Å². The highest BCUT2D eigenvalue weighted by Gasteiger charge is 2.30. The summed E-state index contributed by atoms with van der Waals surface area (Å²) in [6, 6.07) is 13.6. The number of fused-ring (bicyclic) bond motifs is 1. The molecule has 1 fully saturated rings. The van der Waals surface area contributed by atoms with Crippen LogP contribution in [-0.2, 0) is 0 Å². The second kappa shape index (κ2) is 6.07. The minimum absolute atomic E-state index is 0.178. The lowest BCUT2D eigenvalue weighted by Crippen LogP contribution is -2.12. The van der Waals surface area contributed by atoms with Crippen molar-refractivity contribution < 1.29 is 4.79 Å². The molecule has 1 aromatic carbocycles. The van der Waals surface area contributed by atoms with Crippen LogP contribution in [0.4, 0.5) is 5.69 Å². The Balaban J connectivity index is 1.43. The van der Waals surface area contributed by atoms with Gasteiger partial charge in [0, 0.05) is 34.9 Å². The summed E-state index contributed by atoms with van der Waals surface area (Å²) in [5.41, 5.74) is 3.13. The summed E-state index contributed by atoms with van der Waals surface area (Å²) in [6.07, 6.45) is 6.06. The molecule has 26 heavy (non-hydrogen) atoms. The van der Waals surface area contributed by atoms with Gasteiger partial charge in [-0.3, -0.25) is 4.79 Å². The van der Waals surface area contributed by atoms with E-state index in [1.807, 2.05) is 58.4 Å². The van der Waals surface area contributed by atoms with Crippen molar-refractivity contribution in [2.45, 2.75) is 18.8 Å². The average molecular weight is 360 g/mol. The van der Waals surface area contributed by atoms with Crippen LogP contribution < -0.4 is 5.32 Å². The largest absolute Gasteiger partial charge is 0.321 e. The molecule has 1 saturated carbocycles. The van der Waals surface area contributed by atoms with Crippen molar-refractivity contribution >= 4 is 28.4 Å². The molecule has 0 bridgehead atoms. The number of hydrogen-bond donors (Lipinski definition) is 1. The molecular formula is C20H16N4OS. The number of imidazole rings is 1. The molecule has 6 heteroatoms. The first-order valence-corrected chi connectivity index (χ1v) is 9.46. The smallest absolute Gasteiger partial charge is 0.276 e. The van der Waals surface area contributed by atoms with Crippen LogP contribution >= 0.6 is 11.3 Å². The van der Waals surface area contributed by atoms with Crippen molar-refractivity contribution in [3.05, 3.63) is 71.8 Å². The summed E-state index contributed by atoms with van der Waals surface area (Å²) in [4.78, 5) is 21.8. The number of rotatable bonds is 4. The van der Waals surface area contributed by atoms with E-state index in [2.05, 4.69) is 15.3 Å². The first-order valence-electron chi connectivity index (χ1n) is 8.58. The summed E-state index contributed by atoms with van der Waals surface area (Å²) >= 11 is 1.59. The molecule has 1 aliphatic carbocycles. The molecule has 0 saturated heterocycles. The van der Waals surface area contributed by atoms with Crippen molar-refractivity contribution in [2.24, 2.45) is 0 Å². The lowest BCUT2D eigenvalue weighted by molar-refractivity contribution is 0.102. The predicted octanol–water partition coefficient (Wildman–Crippen LogP) is 4.59. The monoisotopic (exact) mass is 360 g/mol. The number of thiazole rings is 1. The van der Waals surface area contributed by atoms with E-state index in [9.17, 15) is 4.79 Å². The van der Waals surface area contributed by atoms with E-state index in [0.29, 0.717) is 11.6 Å². The Kier molecular flexibility index (Phi) is 3.57. The fourth-order valence-corrected chi connectivity index (χ4v) is 3.76. The minimum atomic E-state index is -0.178. The number of carbonyl (C=O) groups is 1. The lowest BCUT2D eigenvalue weighted by atomic mass is 10.2. The molecule has 0 aliphatic heterocycles. The normalized spacial score (nSPS) is 13.8. The maximum atomic E-state index is 12.8. The molecule has 1 aliphatic rings. The van der Waals surface area contributed by atoms with Crippen LogP contribution in [0.5, 0.6) is 0 Å². The van der Waals surface area contributed by atoms with Gasteiger partial charge in [-0.25, -0.2) is 9.97 Å². The van der Waals surface area contributed by atoms with Crippen molar-refractivity contribution in [3.8, 4) is 10.6 Å². The number of anilines is 1. The molecule has 1 N–H and O–H groups in total. The van der Waals surface area contributed by atoms with Crippen LogP contribution in [0.3, 0.4) is 0 Å². The zero-order valence-electron chi connectivity index (χ0n) is 13.9. The number of pyridine rings is 1. The standard InChI is InChI=1S/C20H16N4OS/c25-19(22-15-8-6-14(7-9-15)20-21-10-12-26-20)17-16-3-1-2-11-24(16)18(23-17)13-4-5-13/h1-3,6-13H,4-5H2,(H,22,25). The second-order valence-corrected chi connectivity index (χ2v) is 7.31. The Morgan fingerprint density at radius 3 is 2.73 bits per heavy atom. The average Bonchev–Trinajstić information content (AvgIpc) is 3.22. The number of nitrogens with zero attached hydrogens (tertiary/aromatic N) is 3. The lowest BCUT2D eigenvalue weighted by Gasteiger charge is -2.04. The Morgan fingerprint density at radius 1 is 1.15 bits per heavy atom. The van der Waals surface area contributed by atoms with Crippen molar-refractivity contribution in [1.29, 1.82) is 0 Å². The molecular weight excluding hydrogens is 344 g/mol. The van der Waals surface area contributed by atoms with Crippen molar-refractivity contribution in [3.63, 3.8) is 0 Å². The fourth-order valence-electron chi connectivity index (χ4n) is 3.11. The maximum absolute atomic E-state index is 12.8. The van der Waals surface area contributed by atoms with Crippen molar-refractivity contribution in [1.82, 2.24) is 14.4 Å². The molecule has 5 rings (SSSR count). The van der Waals surface area contributed by atoms with Gasteiger partial charge in [-0.2, -0.15) is 0 Å². The van der Waals surface area contributed by atoms with Crippen LogP contribution in [0.2, 0.25) is 0 Å². The van der Waals surface area contributed by atoms with Gasteiger partial charge in [0.25, 0.3) is 5.91 Å². The van der Waals surface area contributed by atoms with Crippen molar-refractivity contribution in [2.75, 3.05) is 5.32 Å². The number of nitrogens with one attached hydrogen (secondary N) is 1. The molecule has 5 nitrogen and oxygen atoms in total. The summed E-state index contributed by atoms with van der Waals surface area (Å²) in [6.45, 7) is 0. The van der Waals surface area contributed by atoms with Gasteiger partial charge >= 0.3 is 0 Å². The molecule has 0 unspecified atom stereocenters. The van der Waals surface area contributed by atoms with E-state index >= 15 is 0 Å². The predicted molar refractivity (Wildman–Crippen MR) is 103 cm³/mol. The third-order valence-electron chi connectivity index (χ3n) is 4.56. The quantitative estimate of drug-likeness (QED) is 0.579. The van der Waals surface area contributed by atoms with Crippen LogP contribution in [0, 0.1) is 0 Å². The molecule has 0 spiro atoms. The first kappa shape index (κ1) is 15.3. The van der Waals surface area contributed by atoms with E-state index in [4.69, 9.17) is 0 Å². The zero-order valence-corrected chi connectivity index (χ0v) is 14.7. The summed E-state index contributed by atoms with van der Waals surface area (Å²) in [5.74, 6) is 1.29. The van der Waals surface area contributed by atoms with Gasteiger partial charge in [0.1, 0.15) is 10.8 Å². The van der Waals surface area contributed by atoms with Crippen LogP contribution in [0.15, 0.2) is 60.2 Å². The van der Waals surface area contributed by atoms with Crippen LogP contribution in [-0.4, -0.2) is 20.3 Å². The minimum Gasteiger partial charge on any atom is -0.321 e. The topological polar surface area (TPSA) is 59.3 Å². The highest BCUT2D eigenvalue weighted by molar-refractivity contribution is 7.13. The van der Waals surface area contributed by atoms with Gasteiger partial charge < -0.3 is 9.72 Å². The van der Waals surface area contributed by atoms with Gasteiger partial charge in [-0.05, 0) is 49.2 Å². The Labute approximate surface area is 154 Å². The summed E-state index contributed by atoms with van der Waals surface area (Å²) < 4.78 is 2.04. The molecule has 1 amide bonds. The van der Waals surface area contributed by atoms with Crippen LogP contribution in [0.25, 0.3) is 16.1 Å². The van der Waals surface area contributed by atoms with E-state index in [-0.39, 0.29) is 5.91 Å². The fraction of sp³-hybridized carbons (Fsp3) is 0.150. The Morgan fingerprint density at radius 2 is 2.00 bits per heavy atom.